The topological polar surface area (TPSA) is 48.1 Å². The van der Waals surface area contributed by atoms with Crippen LogP contribution in [0.1, 0.15) is 56.3 Å². The Morgan fingerprint density at radius 3 is 1.41 bits per heavy atom. The van der Waals surface area contributed by atoms with Gasteiger partial charge in [0.2, 0.25) is 0 Å². The highest BCUT2D eigenvalue weighted by Gasteiger charge is 2.06. The lowest BCUT2D eigenvalue weighted by atomic mass is 10.1. The molecule has 2 rings (SSSR count). The van der Waals surface area contributed by atoms with Gasteiger partial charge in [-0.25, -0.2) is 0 Å². The largest absolute Gasteiger partial charge is 0.363 e. The lowest BCUT2D eigenvalue weighted by molar-refractivity contribution is 0.630. The lowest BCUT2D eigenvalue weighted by Gasteiger charge is -2.18. The number of hydrogen-bond donors (Lipinski definition) is 4. The zero-order valence-electron chi connectivity index (χ0n) is 17.3. The van der Waals surface area contributed by atoms with Gasteiger partial charge in [0.15, 0.2) is 10.2 Å². The first kappa shape index (κ1) is 23.1. The molecule has 0 radical (unpaired) electrons. The highest BCUT2D eigenvalue weighted by atomic mass is 32.1. The van der Waals surface area contributed by atoms with E-state index < -0.39 is 0 Å². The van der Waals surface area contributed by atoms with Gasteiger partial charge in [-0.05, 0) is 68.7 Å². The van der Waals surface area contributed by atoms with Crippen molar-refractivity contribution in [2.75, 3.05) is 13.1 Å². The van der Waals surface area contributed by atoms with Gasteiger partial charge in [-0.1, -0.05) is 60.7 Å². The van der Waals surface area contributed by atoms with E-state index in [9.17, 15) is 0 Å². The maximum atomic E-state index is 5.39. The zero-order valence-corrected chi connectivity index (χ0v) is 18.9. The summed E-state index contributed by atoms with van der Waals surface area (Å²) in [7, 11) is 0. The first-order valence-electron chi connectivity index (χ1n) is 10.2. The Morgan fingerprint density at radius 1 is 0.655 bits per heavy atom. The highest BCUT2D eigenvalue weighted by molar-refractivity contribution is 7.80. The standard InChI is InChI=1S/C23H32N4S2/c1-18(20-12-6-3-7-13-20)26-22(28)24-16-10-5-11-17-25-23(29)27-19(2)21-14-8-4-9-15-21/h3-4,6-9,12-15,18-19H,5,10-11,16-17H2,1-2H3,(H2,24,26,28)(H2,25,27,29)/t18-,19-/m1/s1. The van der Waals surface area contributed by atoms with Crippen LogP contribution in [0.5, 0.6) is 0 Å². The molecule has 4 nitrogen and oxygen atoms in total. The molecule has 0 saturated heterocycles. The van der Waals surface area contributed by atoms with Crippen LogP contribution in [0, 0.1) is 0 Å². The fraction of sp³-hybridized carbons (Fsp3) is 0.391. The molecule has 0 amide bonds. The van der Waals surface area contributed by atoms with Crippen molar-refractivity contribution in [3.05, 3.63) is 71.8 Å². The van der Waals surface area contributed by atoms with Gasteiger partial charge in [-0.2, -0.15) is 0 Å². The molecule has 6 heteroatoms. The highest BCUT2D eigenvalue weighted by Crippen LogP contribution is 2.11. The van der Waals surface area contributed by atoms with Gasteiger partial charge in [-0.3, -0.25) is 0 Å². The van der Waals surface area contributed by atoms with Crippen LogP contribution in [0.2, 0.25) is 0 Å². The summed E-state index contributed by atoms with van der Waals surface area (Å²) < 4.78 is 0. The van der Waals surface area contributed by atoms with Crippen molar-refractivity contribution >= 4 is 34.7 Å². The molecule has 0 aliphatic rings. The average molecular weight is 429 g/mol. The van der Waals surface area contributed by atoms with Gasteiger partial charge in [0, 0.05) is 13.1 Å². The van der Waals surface area contributed by atoms with Crippen molar-refractivity contribution in [2.45, 2.75) is 45.2 Å². The Balaban J connectivity index is 1.49. The van der Waals surface area contributed by atoms with Crippen molar-refractivity contribution < 1.29 is 0 Å². The van der Waals surface area contributed by atoms with Gasteiger partial charge in [0.1, 0.15) is 0 Å². The van der Waals surface area contributed by atoms with Crippen molar-refractivity contribution in [2.24, 2.45) is 0 Å². The van der Waals surface area contributed by atoms with Crippen LogP contribution in [0.15, 0.2) is 60.7 Å². The van der Waals surface area contributed by atoms with E-state index >= 15 is 0 Å². The second kappa shape index (κ2) is 13.1. The Hall–Kier alpha value is -2.18. The number of nitrogens with one attached hydrogen (secondary N) is 4. The fourth-order valence-electron chi connectivity index (χ4n) is 2.98. The first-order valence-corrected chi connectivity index (χ1v) is 11.1. The predicted molar refractivity (Wildman–Crippen MR) is 131 cm³/mol. The van der Waals surface area contributed by atoms with Crippen molar-refractivity contribution in [1.29, 1.82) is 0 Å². The molecule has 4 N–H and O–H groups in total. The second-order valence-electron chi connectivity index (χ2n) is 7.13. The lowest BCUT2D eigenvalue weighted by Crippen LogP contribution is -2.37. The third-order valence-corrected chi connectivity index (χ3v) is 5.24. The van der Waals surface area contributed by atoms with Crippen LogP contribution in [-0.2, 0) is 0 Å². The molecule has 0 aromatic heterocycles. The number of hydrogen-bond acceptors (Lipinski definition) is 2. The summed E-state index contributed by atoms with van der Waals surface area (Å²) in [6, 6.07) is 21.0. The van der Waals surface area contributed by atoms with Gasteiger partial charge in [0.05, 0.1) is 12.1 Å². The van der Waals surface area contributed by atoms with Crippen molar-refractivity contribution in [3.8, 4) is 0 Å². The molecule has 0 aliphatic carbocycles. The second-order valence-corrected chi connectivity index (χ2v) is 7.94. The minimum absolute atomic E-state index is 0.201. The molecule has 0 unspecified atom stereocenters. The van der Waals surface area contributed by atoms with Crippen LogP contribution in [-0.4, -0.2) is 23.3 Å². The van der Waals surface area contributed by atoms with Crippen LogP contribution < -0.4 is 21.3 Å². The van der Waals surface area contributed by atoms with Crippen LogP contribution in [0.3, 0.4) is 0 Å². The van der Waals surface area contributed by atoms with Crippen LogP contribution in [0.25, 0.3) is 0 Å². The summed E-state index contributed by atoms with van der Waals surface area (Å²) in [4.78, 5) is 0. The monoisotopic (exact) mass is 428 g/mol. The van der Waals surface area contributed by atoms with Gasteiger partial charge >= 0.3 is 0 Å². The Morgan fingerprint density at radius 2 is 1.03 bits per heavy atom. The van der Waals surface area contributed by atoms with Crippen LogP contribution >= 0.6 is 24.4 Å². The number of benzene rings is 2. The molecule has 0 aliphatic heterocycles. The zero-order chi connectivity index (χ0) is 20.9. The molecule has 29 heavy (non-hydrogen) atoms. The molecule has 0 fully saturated rings. The Bertz CT molecular complexity index is 674. The average Bonchev–Trinajstić information content (AvgIpc) is 2.74. The molecule has 0 bridgehead atoms. The predicted octanol–water partition coefficient (Wildman–Crippen LogP) is 4.61. The SMILES string of the molecule is C[C@@H](NC(=S)NCCCCCNC(=S)N[C@H](C)c1ccccc1)c1ccccc1. The first-order chi connectivity index (χ1) is 14.1. The molecule has 2 atom stereocenters. The minimum atomic E-state index is 0.201. The maximum absolute atomic E-state index is 5.39. The van der Waals surface area contributed by atoms with E-state index in [1.807, 2.05) is 36.4 Å². The summed E-state index contributed by atoms with van der Waals surface area (Å²) >= 11 is 10.8. The van der Waals surface area contributed by atoms with E-state index in [0.717, 1.165) is 32.4 Å². The number of unbranched alkanes of at least 4 members (excludes halogenated alkanes) is 2. The molecule has 0 saturated carbocycles. The molecule has 156 valence electrons. The molecule has 0 spiro atoms. The normalized spacial score (nSPS) is 12.5. The Kier molecular flexibility index (Phi) is 10.5. The molecule has 2 aromatic carbocycles. The quantitative estimate of drug-likeness (QED) is 0.328. The summed E-state index contributed by atoms with van der Waals surface area (Å²) in [5.41, 5.74) is 2.46. The smallest absolute Gasteiger partial charge is 0.166 e. The maximum Gasteiger partial charge on any atom is 0.166 e. The van der Waals surface area contributed by atoms with E-state index in [0.29, 0.717) is 10.2 Å². The van der Waals surface area contributed by atoms with E-state index in [4.69, 9.17) is 24.4 Å². The van der Waals surface area contributed by atoms with E-state index in [-0.39, 0.29) is 12.1 Å². The molecule has 2 aromatic rings. The van der Waals surface area contributed by atoms with Gasteiger partial charge in [-0.15, -0.1) is 0 Å². The number of rotatable bonds is 10. The van der Waals surface area contributed by atoms with Gasteiger partial charge < -0.3 is 21.3 Å². The summed E-state index contributed by atoms with van der Waals surface area (Å²) in [6.07, 6.45) is 3.27. The Labute approximate surface area is 185 Å². The minimum Gasteiger partial charge on any atom is -0.363 e. The fourth-order valence-corrected chi connectivity index (χ4v) is 3.53. The number of thiocarbonyl (C=S) groups is 2. The van der Waals surface area contributed by atoms with E-state index in [1.165, 1.54) is 11.1 Å². The molecular formula is C23H32N4S2. The molecule has 0 heterocycles. The summed E-state index contributed by atoms with van der Waals surface area (Å²) in [5.74, 6) is 0. The summed E-state index contributed by atoms with van der Waals surface area (Å²) in [5, 5.41) is 14.6. The van der Waals surface area contributed by atoms with Gasteiger partial charge in [0.25, 0.3) is 0 Å². The third-order valence-electron chi connectivity index (χ3n) is 4.72. The van der Waals surface area contributed by atoms with E-state index in [2.05, 4.69) is 59.4 Å². The summed E-state index contributed by atoms with van der Waals surface area (Å²) in [6.45, 7) is 5.98. The van der Waals surface area contributed by atoms with E-state index in [1.54, 1.807) is 0 Å². The van der Waals surface area contributed by atoms with Crippen LogP contribution in [0.4, 0.5) is 0 Å². The molecular weight excluding hydrogens is 396 g/mol. The van der Waals surface area contributed by atoms with Crippen molar-refractivity contribution in [1.82, 2.24) is 21.3 Å². The third kappa shape index (κ3) is 9.24. The van der Waals surface area contributed by atoms with Crippen molar-refractivity contribution in [3.63, 3.8) is 0 Å².